The average molecular weight is 302 g/mol. The number of hydrogen-bond acceptors (Lipinski definition) is 7. The van der Waals surface area contributed by atoms with E-state index < -0.39 is 32.4 Å². The normalized spacial score (nSPS) is 10.6. The zero-order valence-corrected chi connectivity index (χ0v) is 10.7. The molecule has 0 aliphatic rings. The molecule has 0 unspecified atom stereocenters. The van der Waals surface area contributed by atoms with E-state index in [9.17, 15) is 23.3 Å². The Hall–Kier alpha value is -2.69. The molecule has 0 saturated heterocycles. The highest BCUT2D eigenvalue weighted by atomic mass is 32.2. The second-order valence-corrected chi connectivity index (χ2v) is 5.49. The maximum Gasteiger partial charge on any atom is 0.347 e. The van der Waals surface area contributed by atoms with Gasteiger partial charge < -0.3 is 10.6 Å². The first-order valence-corrected chi connectivity index (χ1v) is 6.64. The third-order valence-electron chi connectivity index (χ3n) is 1.99. The second-order valence-electron chi connectivity index (χ2n) is 3.50. The summed E-state index contributed by atoms with van der Waals surface area (Å²) in [6.45, 7) is 0. The summed E-state index contributed by atoms with van der Waals surface area (Å²) in [5.74, 6) is -2.82. The van der Waals surface area contributed by atoms with Gasteiger partial charge in [-0.1, -0.05) is 0 Å². The lowest BCUT2D eigenvalue weighted by molar-refractivity contribution is -0.384. The van der Waals surface area contributed by atoms with Crippen LogP contribution in [0.15, 0.2) is 29.2 Å². The van der Waals surface area contributed by atoms with Crippen LogP contribution < -0.4 is 11.2 Å². The molecule has 1 aromatic carbocycles. The topological polar surface area (TPSA) is 165 Å². The van der Waals surface area contributed by atoms with E-state index in [1.165, 1.54) is 0 Å². The minimum Gasteiger partial charge on any atom is -0.368 e. The molecule has 0 heterocycles. The first-order chi connectivity index (χ1) is 9.22. The summed E-state index contributed by atoms with van der Waals surface area (Å²) in [6.07, 6.45) is 0. The van der Waals surface area contributed by atoms with Crippen LogP contribution in [0.2, 0.25) is 0 Å². The van der Waals surface area contributed by atoms with Gasteiger partial charge >= 0.3 is 5.97 Å². The van der Waals surface area contributed by atoms with Crippen LogP contribution >= 0.6 is 0 Å². The van der Waals surface area contributed by atoms with Crippen LogP contribution in [0.1, 0.15) is 0 Å². The Balaban J connectivity index is 2.80. The molecular weight excluding hydrogens is 292 g/mol. The predicted molar refractivity (Wildman–Crippen MR) is 66.3 cm³/mol. The molecule has 1 aromatic rings. The number of rotatable bonds is 4. The number of benzene rings is 1. The summed E-state index contributed by atoms with van der Waals surface area (Å²) < 4.78 is 23.6. The van der Waals surface area contributed by atoms with Gasteiger partial charge in [0, 0.05) is 12.1 Å². The van der Waals surface area contributed by atoms with Crippen LogP contribution in [-0.4, -0.2) is 31.0 Å². The summed E-state index contributed by atoms with van der Waals surface area (Å²) in [6, 6.07) is 4.04. The number of nitrogens with two attached hydrogens (primary N) is 1. The molecule has 11 heteroatoms. The summed E-state index contributed by atoms with van der Waals surface area (Å²) >= 11 is 0. The number of nitrogens with one attached hydrogen (secondary N) is 2. The number of nitro groups is 1. The van der Waals surface area contributed by atoms with E-state index in [0.29, 0.717) is 0 Å². The van der Waals surface area contributed by atoms with Gasteiger partial charge in [0.15, 0.2) is 15.6 Å². The van der Waals surface area contributed by atoms with Crippen molar-refractivity contribution in [2.75, 3.05) is 5.75 Å². The number of nitrogens with zero attached hydrogens (tertiary/aromatic N) is 1. The van der Waals surface area contributed by atoms with E-state index in [1.54, 1.807) is 5.48 Å². The number of nitro benzene ring substituents is 1. The summed E-state index contributed by atoms with van der Waals surface area (Å²) in [5.41, 5.74) is 6.27. The monoisotopic (exact) mass is 302 g/mol. The molecule has 10 nitrogen and oxygen atoms in total. The highest BCUT2D eigenvalue weighted by Crippen LogP contribution is 2.16. The van der Waals surface area contributed by atoms with Gasteiger partial charge in [0.25, 0.3) is 5.69 Å². The van der Waals surface area contributed by atoms with Gasteiger partial charge in [-0.2, -0.15) is 5.48 Å². The lowest BCUT2D eigenvalue weighted by atomic mass is 10.3. The molecule has 0 aliphatic heterocycles. The molecule has 0 aliphatic carbocycles. The van der Waals surface area contributed by atoms with Crippen LogP contribution in [0.3, 0.4) is 0 Å². The molecule has 0 aromatic heterocycles. The van der Waals surface area contributed by atoms with Gasteiger partial charge in [-0.25, -0.2) is 13.2 Å². The van der Waals surface area contributed by atoms with Gasteiger partial charge in [0.2, 0.25) is 5.96 Å². The first-order valence-electron chi connectivity index (χ1n) is 4.99. The number of sulfone groups is 1. The Labute approximate surface area is 113 Å². The van der Waals surface area contributed by atoms with E-state index in [4.69, 9.17) is 11.1 Å². The molecule has 0 spiro atoms. The van der Waals surface area contributed by atoms with Crippen molar-refractivity contribution in [3.8, 4) is 0 Å². The molecule has 0 radical (unpaired) electrons. The lowest BCUT2D eigenvalue weighted by Crippen LogP contribution is -2.34. The summed E-state index contributed by atoms with van der Waals surface area (Å²) in [4.78, 5) is 24.9. The van der Waals surface area contributed by atoms with Crippen molar-refractivity contribution in [1.82, 2.24) is 5.48 Å². The van der Waals surface area contributed by atoms with E-state index in [-0.39, 0.29) is 10.6 Å². The van der Waals surface area contributed by atoms with Gasteiger partial charge in [0.1, 0.15) is 0 Å². The molecule has 1 rings (SSSR count). The Morgan fingerprint density at radius 1 is 1.40 bits per heavy atom. The third kappa shape index (κ3) is 4.20. The van der Waals surface area contributed by atoms with E-state index in [0.717, 1.165) is 24.3 Å². The molecule has 0 atom stereocenters. The SMILES string of the molecule is N=C(N)NOC(=O)CS(=O)(=O)c1ccc([N+](=O)[O-])cc1. The average Bonchev–Trinajstić information content (AvgIpc) is 2.36. The molecule has 4 N–H and O–H groups in total. The minimum absolute atomic E-state index is 0.261. The summed E-state index contributed by atoms with van der Waals surface area (Å²) in [7, 11) is -4.00. The Morgan fingerprint density at radius 2 is 1.95 bits per heavy atom. The van der Waals surface area contributed by atoms with Crippen LogP contribution in [0.25, 0.3) is 0 Å². The largest absolute Gasteiger partial charge is 0.368 e. The minimum atomic E-state index is -4.00. The molecule has 0 saturated carbocycles. The van der Waals surface area contributed by atoms with Crippen LogP contribution in [0, 0.1) is 15.5 Å². The Kier molecular flexibility index (Phi) is 4.59. The fourth-order valence-electron chi connectivity index (χ4n) is 1.16. The van der Waals surface area contributed by atoms with E-state index >= 15 is 0 Å². The molecular formula is C9H10N4O6S. The van der Waals surface area contributed by atoms with Crippen molar-refractivity contribution >= 4 is 27.5 Å². The number of carbonyl (C=O) groups excluding carboxylic acids is 1. The van der Waals surface area contributed by atoms with Crippen LogP contribution in [-0.2, 0) is 19.5 Å². The Morgan fingerprint density at radius 3 is 2.40 bits per heavy atom. The van der Waals surface area contributed by atoms with Crippen LogP contribution in [0.4, 0.5) is 5.69 Å². The van der Waals surface area contributed by atoms with E-state index in [1.807, 2.05) is 0 Å². The highest BCUT2D eigenvalue weighted by Gasteiger charge is 2.21. The van der Waals surface area contributed by atoms with Crippen molar-refractivity contribution in [3.63, 3.8) is 0 Å². The first kappa shape index (κ1) is 15.4. The van der Waals surface area contributed by atoms with E-state index in [2.05, 4.69) is 4.84 Å². The van der Waals surface area contributed by atoms with Gasteiger partial charge in [0.05, 0.1) is 9.82 Å². The molecule has 0 bridgehead atoms. The van der Waals surface area contributed by atoms with Crippen LogP contribution in [0.5, 0.6) is 0 Å². The molecule has 0 amide bonds. The quantitative estimate of drug-likeness (QED) is 0.284. The number of guanidine groups is 1. The Bertz CT molecular complexity index is 639. The number of non-ortho nitro benzene ring substituents is 1. The molecule has 108 valence electrons. The second kappa shape index (κ2) is 5.97. The zero-order valence-electron chi connectivity index (χ0n) is 9.90. The number of carbonyl (C=O) groups is 1. The maximum atomic E-state index is 11.8. The number of hydroxylamine groups is 1. The standard InChI is InChI=1S/C9H10N4O6S/c10-9(11)12-19-8(14)5-20(17,18)7-3-1-6(2-4-7)13(15)16/h1-4H,5H2,(H4,10,11,12). The van der Waals surface area contributed by atoms with Gasteiger partial charge in [-0.15, -0.1) is 0 Å². The third-order valence-corrected chi connectivity index (χ3v) is 3.60. The lowest BCUT2D eigenvalue weighted by Gasteiger charge is -2.05. The fourth-order valence-corrected chi connectivity index (χ4v) is 2.24. The smallest absolute Gasteiger partial charge is 0.347 e. The molecule has 20 heavy (non-hydrogen) atoms. The molecule has 0 fully saturated rings. The summed E-state index contributed by atoms with van der Waals surface area (Å²) in [5, 5.41) is 17.2. The van der Waals surface area contributed by atoms with Crippen molar-refractivity contribution in [2.24, 2.45) is 5.73 Å². The van der Waals surface area contributed by atoms with Crippen molar-refractivity contribution < 1.29 is 23.0 Å². The van der Waals surface area contributed by atoms with Crippen molar-refractivity contribution in [2.45, 2.75) is 4.90 Å². The van der Waals surface area contributed by atoms with Gasteiger partial charge in [-0.3, -0.25) is 15.5 Å². The van der Waals surface area contributed by atoms with Gasteiger partial charge in [-0.05, 0) is 12.1 Å². The maximum absolute atomic E-state index is 11.8. The highest BCUT2D eigenvalue weighted by molar-refractivity contribution is 7.92. The van der Waals surface area contributed by atoms with Crippen molar-refractivity contribution in [3.05, 3.63) is 34.4 Å². The zero-order chi connectivity index (χ0) is 15.3. The number of hydrogen-bond donors (Lipinski definition) is 3. The predicted octanol–water partition coefficient (Wildman–Crippen LogP) is -0.690. The van der Waals surface area contributed by atoms with Crippen molar-refractivity contribution in [1.29, 1.82) is 5.41 Å². The fraction of sp³-hybridized carbons (Fsp3) is 0.111.